The minimum absolute atomic E-state index is 0.131. The number of hydrogen-bond donors (Lipinski definition) is 1. The van der Waals surface area contributed by atoms with Crippen LogP contribution in [0.15, 0.2) is 46.9 Å². The largest absolute Gasteiger partial charge is 0.457 e. The molecule has 2 aromatic rings. The summed E-state index contributed by atoms with van der Waals surface area (Å²) in [6.07, 6.45) is -0.470. The zero-order valence-corrected chi connectivity index (χ0v) is 9.47. The number of carbonyl (C=O) groups is 1. The third-order valence-electron chi connectivity index (χ3n) is 2.27. The maximum Gasteiger partial charge on any atom is 0.407 e. The molecule has 1 aromatic carbocycles. The Morgan fingerprint density at radius 2 is 2.00 bits per heavy atom. The average Bonchev–Trinajstić information content (AvgIpc) is 2.86. The van der Waals surface area contributed by atoms with E-state index in [9.17, 15) is 4.79 Å². The fourth-order valence-electron chi connectivity index (χ4n) is 1.42. The number of furan rings is 1. The number of amides is 1. The molecule has 0 aliphatic carbocycles. The fraction of sp³-hybridized carbons (Fsp3) is 0.154. The molecule has 1 amide bonds. The molecule has 0 aliphatic rings. The third-order valence-corrected chi connectivity index (χ3v) is 2.27. The Kier molecular flexibility index (Phi) is 3.45. The zero-order valence-electron chi connectivity index (χ0n) is 9.47. The Balaban J connectivity index is 2.04. The first-order valence-electron chi connectivity index (χ1n) is 5.28. The number of alkyl carbamates (subject to hydrolysis) is 1. The van der Waals surface area contributed by atoms with Gasteiger partial charge in [0.05, 0.1) is 0 Å². The number of rotatable bonds is 3. The monoisotopic (exact) mass is 231 g/mol. The van der Waals surface area contributed by atoms with E-state index in [0.29, 0.717) is 5.76 Å². The lowest BCUT2D eigenvalue weighted by molar-refractivity contribution is 0.133. The molecule has 4 nitrogen and oxygen atoms in total. The Morgan fingerprint density at radius 3 is 2.71 bits per heavy atom. The van der Waals surface area contributed by atoms with Gasteiger partial charge in [0, 0.05) is 12.6 Å². The van der Waals surface area contributed by atoms with Crippen molar-refractivity contribution in [3.8, 4) is 11.3 Å². The summed E-state index contributed by atoms with van der Waals surface area (Å²) in [4.78, 5) is 10.9. The van der Waals surface area contributed by atoms with Crippen molar-refractivity contribution in [1.29, 1.82) is 0 Å². The summed E-state index contributed by atoms with van der Waals surface area (Å²) in [6, 6.07) is 13.4. The maximum absolute atomic E-state index is 10.9. The normalized spacial score (nSPS) is 9.94. The van der Waals surface area contributed by atoms with Gasteiger partial charge in [-0.1, -0.05) is 30.3 Å². The van der Waals surface area contributed by atoms with Gasteiger partial charge in [0.1, 0.15) is 11.5 Å². The number of carbonyl (C=O) groups excluding carboxylic acids is 1. The second kappa shape index (κ2) is 5.21. The Hall–Kier alpha value is -2.23. The van der Waals surface area contributed by atoms with Gasteiger partial charge in [-0.2, -0.15) is 0 Å². The van der Waals surface area contributed by atoms with Crippen molar-refractivity contribution in [3.63, 3.8) is 0 Å². The topological polar surface area (TPSA) is 51.5 Å². The van der Waals surface area contributed by atoms with E-state index >= 15 is 0 Å². The fourth-order valence-corrected chi connectivity index (χ4v) is 1.42. The lowest BCUT2D eigenvalue weighted by atomic mass is 10.2. The molecule has 1 aromatic heterocycles. The molecule has 0 unspecified atom stereocenters. The van der Waals surface area contributed by atoms with Gasteiger partial charge in [0.25, 0.3) is 0 Å². The Bertz CT molecular complexity index is 490. The first-order valence-corrected chi connectivity index (χ1v) is 5.28. The summed E-state index contributed by atoms with van der Waals surface area (Å²) in [5.74, 6) is 1.38. The molecular weight excluding hydrogens is 218 g/mol. The predicted molar refractivity (Wildman–Crippen MR) is 63.4 cm³/mol. The van der Waals surface area contributed by atoms with Crippen LogP contribution in [-0.2, 0) is 11.3 Å². The number of nitrogens with one attached hydrogen (secondary N) is 1. The van der Waals surface area contributed by atoms with Crippen molar-refractivity contribution >= 4 is 6.09 Å². The Morgan fingerprint density at radius 1 is 1.24 bits per heavy atom. The molecule has 0 radical (unpaired) electrons. The zero-order chi connectivity index (χ0) is 12.1. The molecule has 1 heterocycles. The standard InChI is InChI=1S/C13H13NO3/c1-14-13(15)16-9-11-7-8-12(17-11)10-5-3-2-4-6-10/h2-8H,9H2,1H3,(H,14,15). The van der Waals surface area contributed by atoms with Crippen LogP contribution in [0, 0.1) is 0 Å². The lowest BCUT2D eigenvalue weighted by Crippen LogP contribution is -2.18. The molecule has 17 heavy (non-hydrogen) atoms. The molecule has 2 rings (SSSR count). The van der Waals surface area contributed by atoms with Crippen LogP contribution in [0.2, 0.25) is 0 Å². The van der Waals surface area contributed by atoms with E-state index < -0.39 is 6.09 Å². The smallest absolute Gasteiger partial charge is 0.407 e. The molecule has 0 saturated carbocycles. The van der Waals surface area contributed by atoms with Crippen LogP contribution >= 0.6 is 0 Å². The van der Waals surface area contributed by atoms with Crippen LogP contribution in [0.5, 0.6) is 0 Å². The van der Waals surface area contributed by atoms with Gasteiger partial charge in [-0.05, 0) is 12.1 Å². The van der Waals surface area contributed by atoms with Crippen LogP contribution in [0.1, 0.15) is 5.76 Å². The highest BCUT2D eigenvalue weighted by Gasteiger charge is 2.06. The first kappa shape index (κ1) is 11.3. The van der Waals surface area contributed by atoms with E-state index in [1.807, 2.05) is 36.4 Å². The van der Waals surface area contributed by atoms with Crippen molar-refractivity contribution in [2.75, 3.05) is 7.05 Å². The summed E-state index contributed by atoms with van der Waals surface area (Å²) in [5.41, 5.74) is 0.999. The molecule has 0 fully saturated rings. The van der Waals surface area contributed by atoms with Crippen LogP contribution in [0.4, 0.5) is 4.79 Å². The molecule has 88 valence electrons. The summed E-state index contributed by atoms with van der Waals surface area (Å²) >= 11 is 0. The van der Waals surface area contributed by atoms with Crippen LogP contribution in [0.25, 0.3) is 11.3 Å². The highest BCUT2D eigenvalue weighted by molar-refractivity contribution is 5.66. The van der Waals surface area contributed by atoms with E-state index in [1.165, 1.54) is 7.05 Å². The molecule has 0 saturated heterocycles. The SMILES string of the molecule is CNC(=O)OCc1ccc(-c2ccccc2)o1. The van der Waals surface area contributed by atoms with Crippen LogP contribution < -0.4 is 5.32 Å². The van der Waals surface area contributed by atoms with Crippen molar-refractivity contribution in [2.45, 2.75) is 6.61 Å². The van der Waals surface area contributed by atoms with Gasteiger partial charge in [0.2, 0.25) is 0 Å². The lowest BCUT2D eigenvalue weighted by Gasteiger charge is -2.00. The third kappa shape index (κ3) is 2.87. The summed E-state index contributed by atoms with van der Waals surface area (Å²) < 4.78 is 10.4. The molecule has 4 heteroatoms. The van der Waals surface area contributed by atoms with Crippen LogP contribution in [0.3, 0.4) is 0 Å². The van der Waals surface area contributed by atoms with E-state index in [0.717, 1.165) is 11.3 Å². The quantitative estimate of drug-likeness (QED) is 0.883. The second-order valence-corrected chi connectivity index (χ2v) is 3.46. The van der Waals surface area contributed by atoms with Gasteiger partial charge in [-0.15, -0.1) is 0 Å². The highest BCUT2D eigenvalue weighted by atomic mass is 16.6. The highest BCUT2D eigenvalue weighted by Crippen LogP contribution is 2.21. The Labute approximate surface area is 99.2 Å². The molecule has 1 N–H and O–H groups in total. The van der Waals surface area contributed by atoms with Gasteiger partial charge in [0.15, 0.2) is 6.61 Å². The number of ether oxygens (including phenoxy) is 1. The minimum atomic E-state index is -0.470. The van der Waals surface area contributed by atoms with Crippen LogP contribution in [-0.4, -0.2) is 13.1 Å². The van der Waals surface area contributed by atoms with Gasteiger partial charge in [-0.25, -0.2) is 4.79 Å². The minimum Gasteiger partial charge on any atom is -0.457 e. The second-order valence-electron chi connectivity index (χ2n) is 3.46. The van der Waals surface area contributed by atoms with Crippen molar-refractivity contribution in [2.24, 2.45) is 0 Å². The molecular formula is C13H13NO3. The van der Waals surface area contributed by atoms with Gasteiger partial charge in [-0.3, -0.25) is 0 Å². The average molecular weight is 231 g/mol. The maximum atomic E-state index is 10.9. The van der Waals surface area contributed by atoms with E-state index in [1.54, 1.807) is 6.07 Å². The first-order chi connectivity index (χ1) is 8.29. The summed E-state index contributed by atoms with van der Waals surface area (Å²) in [7, 11) is 1.51. The van der Waals surface area contributed by atoms with E-state index in [4.69, 9.17) is 9.15 Å². The predicted octanol–water partition coefficient (Wildman–Crippen LogP) is 2.80. The summed E-state index contributed by atoms with van der Waals surface area (Å²) in [6.45, 7) is 0.131. The van der Waals surface area contributed by atoms with Gasteiger partial charge >= 0.3 is 6.09 Å². The molecule has 0 atom stereocenters. The van der Waals surface area contributed by atoms with Gasteiger partial charge < -0.3 is 14.5 Å². The van der Waals surface area contributed by atoms with E-state index in [-0.39, 0.29) is 6.61 Å². The van der Waals surface area contributed by atoms with E-state index in [2.05, 4.69) is 5.32 Å². The van der Waals surface area contributed by atoms with Crippen molar-refractivity contribution in [3.05, 3.63) is 48.2 Å². The van der Waals surface area contributed by atoms with Crippen molar-refractivity contribution < 1.29 is 13.9 Å². The van der Waals surface area contributed by atoms with Crippen molar-refractivity contribution in [1.82, 2.24) is 5.32 Å². The molecule has 0 aliphatic heterocycles. The number of benzene rings is 1. The molecule has 0 bridgehead atoms. The number of hydrogen-bond acceptors (Lipinski definition) is 3. The molecule has 0 spiro atoms. The summed E-state index contributed by atoms with van der Waals surface area (Å²) in [5, 5.41) is 2.37.